The lowest BCUT2D eigenvalue weighted by molar-refractivity contribution is -0.144. The van der Waals surface area contributed by atoms with Gasteiger partial charge in [0, 0.05) is 6.20 Å². The maximum atomic E-state index is 11.2. The van der Waals surface area contributed by atoms with Crippen molar-refractivity contribution in [3.8, 4) is 11.8 Å². The zero-order chi connectivity index (χ0) is 14.8. The normalized spacial score (nSPS) is 16.5. The molecule has 1 aliphatic heterocycles. The second-order valence-corrected chi connectivity index (χ2v) is 4.54. The molecule has 1 N–H and O–H groups in total. The molecule has 1 atom stereocenters. The molecule has 1 aliphatic rings. The number of nitrogens with zero attached hydrogens (tertiary/aromatic N) is 3. The molecule has 21 heavy (non-hydrogen) atoms. The first-order chi connectivity index (χ1) is 10.2. The average Bonchev–Trinajstić information content (AvgIpc) is 2.54. The Morgan fingerprint density at radius 3 is 2.86 bits per heavy atom. The summed E-state index contributed by atoms with van der Waals surface area (Å²) < 4.78 is 5.47. The van der Waals surface area contributed by atoms with Gasteiger partial charge in [0.15, 0.2) is 0 Å². The van der Waals surface area contributed by atoms with Crippen molar-refractivity contribution in [3.63, 3.8) is 0 Å². The molecule has 6 nitrogen and oxygen atoms in total. The summed E-state index contributed by atoms with van der Waals surface area (Å²) in [6, 6.07) is 12.5. The molecule has 2 heterocycles. The van der Waals surface area contributed by atoms with Crippen molar-refractivity contribution in [3.05, 3.63) is 48.2 Å². The fourth-order valence-electron chi connectivity index (χ4n) is 2.19. The maximum absolute atomic E-state index is 11.2. The molecule has 1 aromatic carbocycles. The molecule has 6 heteroatoms. The van der Waals surface area contributed by atoms with Crippen LogP contribution in [0.15, 0.2) is 42.6 Å². The van der Waals surface area contributed by atoms with Gasteiger partial charge in [0.2, 0.25) is 6.10 Å². The fraction of sp³-hybridized carbons (Fsp3) is 0.133. The Morgan fingerprint density at radius 2 is 2.19 bits per heavy atom. The van der Waals surface area contributed by atoms with Crippen molar-refractivity contribution in [1.82, 2.24) is 4.98 Å². The Bertz CT molecular complexity index is 722. The van der Waals surface area contributed by atoms with Gasteiger partial charge in [-0.15, -0.1) is 0 Å². The van der Waals surface area contributed by atoms with Gasteiger partial charge < -0.3 is 14.7 Å². The van der Waals surface area contributed by atoms with Crippen LogP contribution in [-0.2, 0) is 4.79 Å². The minimum atomic E-state index is -1.02. The fourth-order valence-corrected chi connectivity index (χ4v) is 2.19. The van der Waals surface area contributed by atoms with E-state index in [1.165, 1.54) is 6.20 Å². The predicted octanol–water partition coefficient (Wildman–Crippen LogP) is 1.94. The van der Waals surface area contributed by atoms with Crippen LogP contribution in [0.4, 0.5) is 11.5 Å². The lowest BCUT2D eigenvalue weighted by atomic mass is 10.2. The number of hydrogen-bond donors (Lipinski definition) is 1. The van der Waals surface area contributed by atoms with E-state index in [9.17, 15) is 9.90 Å². The Balaban J connectivity index is 2.03. The number of carboxylic acid groups (broad SMARTS) is 1. The zero-order valence-corrected chi connectivity index (χ0v) is 10.9. The number of ether oxygens (including phenoxy) is 1. The Morgan fingerprint density at radius 1 is 1.38 bits per heavy atom. The first kappa shape index (κ1) is 12.9. The number of aromatic nitrogens is 1. The van der Waals surface area contributed by atoms with Crippen molar-refractivity contribution in [2.75, 3.05) is 11.4 Å². The quantitative estimate of drug-likeness (QED) is 0.905. The van der Waals surface area contributed by atoms with Gasteiger partial charge in [-0.25, -0.2) is 9.78 Å². The molecule has 0 aliphatic carbocycles. The molecular formula is C15H11N3O3. The van der Waals surface area contributed by atoms with Gasteiger partial charge in [0.05, 0.1) is 17.8 Å². The van der Waals surface area contributed by atoms with E-state index in [0.717, 1.165) is 5.69 Å². The molecule has 0 spiro atoms. The van der Waals surface area contributed by atoms with E-state index in [2.05, 4.69) is 4.98 Å². The number of aliphatic carboxylic acids is 1. The summed E-state index contributed by atoms with van der Waals surface area (Å²) in [5, 5.41) is 18.0. The highest BCUT2D eigenvalue weighted by molar-refractivity contribution is 5.78. The van der Waals surface area contributed by atoms with Gasteiger partial charge in [-0.2, -0.15) is 5.26 Å². The SMILES string of the molecule is N#Cc1ccc(N2CC(C(=O)O)Oc3ccccc32)nc1. The highest BCUT2D eigenvalue weighted by Crippen LogP contribution is 2.37. The van der Waals surface area contributed by atoms with E-state index in [-0.39, 0.29) is 6.54 Å². The van der Waals surface area contributed by atoms with Crippen LogP contribution >= 0.6 is 0 Å². The lowest BCUT2D eigenvalue weighted by Gasteiger charge is -2.33. The van der Waals surface area contributed by atoms with Gasteiger partial charge in [-0.3, -0.25) is 0 Å². The van der Waals surface area contributed by atoms with Gasteiger partial charge in [0.1, 0.15) is 17.6 Å². The van der Waals surface area contributed by atoms with Crippen molar-refractivity contribution in [1.29, 1.82) is 5.26 Å². The van der Waals surface area contributed by atoms with Crippen LogP contribution in [0, 0.1) is 11.3 Å². The Labute approximate surface area is 120 Å². The minimum Gasteiger partial charge on any atom is -0.478 e. The summed E-state index contributed by atoms with van der Waals surface area (Å²) in [7, 11) is 0. The van der Waals surface area contributed by atoms with Gasteiger partial charge in [0.25, 0.3) is 0 Å². The maximum Gasteiger partial charge on any atom is 0.346 e. The Hall–Kier alpha value is -3.07. The number of carboxylic acids is 1. The number of rotatable bonds is 2. The van der Waals surface area contributed by atoms with Crippen molar-refractivity contribution >= 4 is 17.5 Å². The summed E-state index contributed by atoms with van der Waals surface area (Å²) in [5.74, 6) is 0.0569. The van der Waals surface area contributed by atoms with Gasteiger partial charge in [-0.1, -0.05) is 12.1 Å². The van der Waals surface area contributed by atoms with E-state index in [0.29, 0.717) is 17.1 Å². The summed E-state index contributed by atoms with van der Waals surface area (Å²) >= 11 is 0. The summed E-state index contributed by atoms with van der Waals surface area (Å²) in [4.78, 5) is 17.2. The largest absolute Gasteiger partial charge is 0.478 e. The van der Waals surface area contributed by atoms with Gasteiger partial charge >= 0.3 is 5.97 Å². The number of hydrogen-bond acceptors (Lipinski definition) is 5. The van der Waals surface area contributed by atoms with E-state index in [1.807, 2.05) is 18.2 Å². The minimum absolute atomic E-state index is 0.158. The second-order valence-electron chi connectivity index (χ2n) is 4.54. The third-order valence-electron chi connectivity index (χ3n) is 3.20. The van der Waals surface area contributed by atoms with Gasteiger partial charge in [-0.05, 0) is 24.3 Å². The van der Waals surface area contributed by atoms with E-state index >= 15 is 0 Å². The number of para-hydroxylation sites is 2. The van der Waals surface area contributed by atoms with Crippen molar-refractivity contribution < 1.29 is 14.6 Å². The first-order valence-corrected chi connectivity index (χ1v) is 6.31. The molecule has 1 aromatic heterocycles. The molecule has 0 fully saturated rings. The van der Waals surface area contributed by atoms with Crippen LogP contribution in [0.5, 0.6) is 5.75 Å². The molecule has 0 bridgehead atoms. The van der Waals surface area contributed by atoms with Crippen LogP contribution in [-0.4, -0.2) is 28.7 Å². The molecule has 0 saturated carbocycles. The molecule has 0 saturated heterocycles. The molecule has 0 amide bonds. The Kier molecular flexibility index (Phi) is 3.16. The molecular weight excluding hydrogens is 270 g/mol. The van der Waals surface area contributed by atoms with Crippen molar-refractivity contribution in [2.45, 2.75) is 6.10 Å². The van der Waals surface area contributed by atoms with Crippen LogP contribution in [0.1, 0.15) is 5.56 Å². The smallest absolute Gasteiger partial charge is 0.346 e. The van der Waals surface area contributed by atoms with Crippen molar-refractivity contribution in [2.24, 2.45) is 0 Å². The average molecular weight is 281 g/mol. The highest BCUT2D eigenvalue weighted by atomic mass is 16.5. The molecule has 1 unspecified atom stereocenters. The summed E-state index contributed by atoms with van der Waals surface area (Å²) in [6.45, 7) is 0.158. The molecule has 104 valence electrons. The second kappa shape index (κ2) is 5.13. The molecule has 3 rings (SSSR count). The topological polar surface area (TPSA) is 86.5 Å². The summed E-state index contributed by atoms with van der Waals surface area (Å²) in [6.07, 6.45) is 0.501. The predicted molar refractivity (Wildman–Crippen MR) is 74.5 cm³/mol. The third kappa shape index (κ3) is 2.37. The number of pyridine rings is 1. The summed E-state index contributed by atoms with van der Waals surface area (Å²) in [5.41, 5.74) is 1.21. The van der Waals surface area contributed by atoms with Crippen LogP contribution < -0.4 is 9.64 Å². The monoisotopic (exact) mass is 281 g/mol. The number of anilines is 2. The van der Waals surface area contributed by atoms with E-state index in [1.54, 1.807) is 29.2 Å². The van der Waals surface area contributed by atoms with Crippen LogP contribution in [0.2, 0.25) is 0 Å². The standard InChI is InChI=1S/C15H11N3O3/c16-7-10-5-6-14(17-8-10)18-9-13(15(19)20)21-12-4-2-1-3-11(12)18/h1-6,8,13H,9H2,(H,19,20). The molecule has 2 aromatic rings. The number of fused-ring (bicyclic) bond motifs is 1. The van der Waals surface area contributed by atoms with Crippen LogP contribution in [0.25, 0.3) is 0 Å². The molecule has 0 radical (unpaired) electrons. The highest BCUT2D eigenvalue weighted by Gasteiger charge is 2.31. The first-order valence-electron chi connectivity index (χ1n) is 6.31. The number of carbonyl (C=O) groups is 1. The van der Waals surface area contributed by atoms with E-state index in [4.69, 9.17) is 10.00 Å². The third-order valence-corrected chi connectivity index (χ3v) is 3.20. The lowest BCUT2D eigenvalue weighted by Crippen LogP contribution is -2.42. The number of nitriles is 1. The van der Waals surface area contributed by atoms with Crippen LogP contribution in [0.3, 0.4) is 0 Å². The van der Waals surface area contributed by atoms with E-state index < -0.39 is 12.1 Å². The number of benzene rings is 1. The zero-order valence-electron chi connectivity index (χ0n) is 10.9.